The van der Waals surface area contributed by atoms with E-state index in [1.54, 1.807) is 18.5 Å². The predicted molar refractivity (Wildman–Crippen MR) is 53.8 cm³/mol. The van der Waals surface area contributed by atoms with Crippen LogP contribution in [0.3, 0.4) is 0 Å². The van der Waals surface area contributed by atoms with Gasteiger partial charge in [-0.1, -0.05) is 0 Å². The van der Waals surface area contributed by atoms with Crippen LogP contribution in [0.4, 0.5) is 0 Å². The highest BCUT2D eigenvalue weighted by Crippen LogP contribution is 2.07. The third kappa shape index (κ3) is 2.14. The minimum absolute atomic E-state index is 0.153. The largest absolute Gasteiger partial charge is 0.478 e. The average molecular weight is 236 g/mol. The summed E-state index contributed by atoms with van der Waals surface area (Å²) in [5.74, 6) is -2.70. The van der Waals surface area contributed by atoms with Crippen molar-refractivity contribution in [1.82, 2.24) is 19.6 Å². The molecule has 0 bridgehead atoms. The van der Waals surface area contributed by atoms with Crippen LogP contribution in [0, 0.1) is 0 Å². The fraction of sp³-hybridized carbons (Fsp3) is 0.111. The molecule has 0 aliphatic rings. The van der Waals surface area contributed by atoms with E-state index in [9.17, 15) is 9.59 Å². The molecule has 2 aromatic rings. The topological polar surface area (TPSA) is 110 Å². The first kappa shape index (κ1) is 10.9. The van der Waals surface area contributed by atoms with E-state index in [0.29, 0.717) is 0 Å². The molecule has 8 nitrogen and oxygen atoms in total. The van der Waals surface area contributed by atoms with Gasteiger partial charge in [0.2, 0.25) is 0 Å². The van der Waals surface area contributed by atoms with Crippen molar-refractivity contribution in [2.75, 3.05) is 0 Å². The van der Waals surface area contributed by atoms with Gasteiger partial charge >= 0.3 is 11.9 Å². The van der Waals surface area contributed by atoms with Crippen LogP contribution in [0.1, 0.15) is 20.8 Å². The Morgan fingerprint density at radius 3 is 2.47 bits per heavy atom. The first-order valence-corrected chi connectivity index (χ1v) is 4.59. The number of carbonyl (C=O) groups is 2. The second kappa shape index (κ2) is 4.08. The molecule has 0 unspecified atom stereocenters. The van der Waals surface area contributed by atoms with Crippen molar-refractivity contribution in [3.63, 3.8) is 0 Å². The van der Waals surface area contributed by atoms with E-state index in [0.717, 1.165) is 6.20 Å². The van der Waals surface area contributed by atoms with Gasteiger partial charge < -0.3 is 10.2 Å². The van der Waals surface area contributed by atoms with Crippen LogP contribution in [0.15, 0.2) is 24.7 Å². The van der Waals surface area contributed by atoms with Crippen molar-refractivity contribution in [2.45, 2.75) is 6.67 Å². The van der Waals surface area contributed by atoms with E-state index in [-0.39, 0.29) is 12.2 Å². The van der Waals surface area contributed by atoms with Gasteiger partial charge in [-0.3, -0.25) is 4.68 Å². The molecule has 2 aromatic heterocycles. The van der Waals surface area contributed by atoms with Crippen molar-refractivity contribution >= 4 is 11.9 Å². The Morgan fingerprint density at radius 2 is 2.00 bits per heavy atom. The van der Waals surface area contributed by atoms with Gasteiger partial charge in [0.15, 0.2) is 5.69 Å². The standard InChI is InChI=1S/C9H8N4O4/c14-8(15)6-4-13(11-7(6)9(16)17)5-12-3-1-2-10-12/h1-4H,5H2,(H,14,15)(H,16,17). The van der Waals surface area contributed by atoms with Gasteiger partial charge in [-0.2, -0.15) is 10.2 Å². The monoisotopic (exact) mass is 236 g/mol. The molecule has 2 heterocycles. The van der Waals surface area contributed by atoms with E-state index < -0.39 is 17.6 Å². The number of hydrogen-bond acceptors (Lipinski definition) is 4. The summed E-state index contributed by atoms with van der Waals surface area (Å²) >= 11 is 0. The minimum atomic E-state index is -1.37. The third-order valence-corrected chi connectivity index (χ3v) is 2.04. The van der Waals surface area contributed by atoms with Crippen molar-refractivity contribution in [3.8, 4) is 0 Å². The number of rotatable bonds is 4. The molecule has 0 saturated carbocycles. The summed E-state index contributed by atoms with van der Waals surface area (Å²) in [4.78, 5) is 21.6. The number of aromatic nitrogens is 4. The zero-order valence-electron chi connectivity index (χ0n) is 8.52. The fourth-order valence-corrected chi connectivity index (χ4v) is 1.34. The molecular formula is C9H8N4O4. The molecule has 88 valence electrons. The molecule has 0 atom stereocenters. The van der Waals surface area contributed by atoms with Crippen LogP contribution in [0.5, 0.6) is 0 Å². The van der Waals surface area contributed by atoms with Crippen LogP contribution in [-0.2, 0) is 6.67 Å². The van der Waals surface area contributed by atoms with Crippen LogP contribution in [-0.4, -0.2) is 41.7 Å². The quantitative estimate of drug-likeness (QED) is 0.771. The molecule has 17 heavy (non-hydrogen) atoms. The van der Waals surface area contributed by atoms with Gasteiger partial charge in [0, 0.05) is 18.6 Å². The lowest BCUT2D eigenvalue weighted by Gasteiger charge is -2.00. The number of hydrogen-bond donors (Lipinski definition) is 2. The van der Waals surface area contributed by atoms with E-state index in [2.05, 4.69) is 10.2 Å². The number of aromatic carboxylic acids is 2. The van der Waals surface area contributed by atoms with Crippen LogP contribution in [0.2, 0.25) is 0 Å². The highest BCUT2D eigenvalue weighted by Gasteiger charge is 2.20. The molecule has 2 N–H and O–H groups in total. The summed E-state index contributed by atoms with van der Waals surface area (Å²) in [5.41, 5.74) is -0.825. The second-order valence-electron chi connectivity index (χ2n) is 3.23. The van der Waals surface area contributed by atoms with E-state index in [4.69, 9.17) is 10.2 Å². The van der Waals surface area contributed by atoms with Gasteiger partial charge in [0.05, 0.1) is 0 Å². The summed E-state index contributed by atoms with van der Waals surface area (Å²) < 4.78 is 2.70. The van der Waals surface area contributed by atoms with Gasteiger partial charge in [0.1, 0.15) is 12.2 Å². The summed E-state index contributed by atoms with van der Waals surface area (Å²) in [7, 11) is 0. The number of nitrogens with zero attached hydrogens (tertiary/aromatic N) is 4. The van der Waals surface area contributed by atoms with Gasteiger partial charge in [0.25, 0.3) is 0 Å². The first-order valence-electron chi connectivity index (χ1n) is 4.59. The Bertz CT molecular complexity index is 526. The van der Waals surface area contributed by atoms with Crippen LogP contribution >= 0.6 is 0 Å². The summed E-state index contributed by atoms with van der Waals surface area (Å²) in [5, 5.41) is 25.2. The molecule has 8 heteroatoms. The summed E-state index contributed by atoms with van der Waals surface area (Å²) in [6.45, 7) is 0.153. The van der Waals surface area contributed by atoms with Gasteiger partial charge in [-0.25, -0.2) is 14.3 Å². The van der Waals surface area contributed by atoms with Crippen molar-refractivity contribution in [3.05, 3.63) is 35.9 Å². The molecule has 0 amide bonds. The zero-order chi connectivity index (χ0) is 12.4. The molecule has 0 spiro atoms. The lowest BCUT2D eigenvalue weighted by molar-refractivity contribution is 0.0648. The normalized spacial score (nSPS) is 10.4. The molecule has 0 saturated heterocycles. The molecule has 0 aliphatic heterocycles. The highest BCUT2D eigenvalue weighted by molar-refractivity contribution is 6.00. The molecule has 0 aliphatic carbocycles. The van der Waals surface area contributed by atoms with E-state index in [1.807, 2.05) is 0 Å². The van der Waals surface area contributed by atoms with Crippen molar-refractivity contribution in [1.29, 1.82) is 0 Å². The Labute approximate surface area is 94.7 Å². The van der Waals surface area contributed by atoms with Crippen molar-refractivity contribution in [2.24, 2.45) is 0 Å². The Balaban J connectivity index is 2.34. The lowest BCUT2D eigenvalue weighted by Crippen LogP contribution is -2.10. The second-order valence-corrected chi connectivity index (χ2v) is 3.23. The van der Waals surface area contributed by atoms with Crippen LogP contribution in [0.25, 0.3) is 0 Å². The summed E-state index contributed by atoms with van der Waals surface area (Å²) in [6, 6.07) is 1.69. The maximum Gasteiger partial charge on any atom is 0.357 e. The first-order chi connectivity index (χ1) is 8.08. The third-order valence-electron chi connectivity index (χ3n) is 2.04. The van der Waals surface area contributed by atoms with E-state index in [1.165, 1.54) is 9.36 Å². The summed E-state index contributed by atoms with van der Waals surface area (Å²) in [6.07, 6.45) is 4.37. The maximum atomic E-state index is 10.8. The minimum Gasteiger partial charge on any atom is -0.478 e. The molecule has 2 rings (SSSR count). The number of carboxylic acid groups (broad SMARTS) is 2. The van der Waals surface area contributed by atoms with Crippen molar-refractivity contribution < 1.29 is 19.8 Å². The Morgan fingerprint density at radius 1 is 1.24 bits per heavy atom. The Kier molecular flexibility index (Phi) is 2.61. The van der Waals surface area contributed by atoms with E-state index >= 15 is 0 Å². The molecule has 0 radical (unpaired) electrons. The van der Waals surface area contributed by atoms with Gasteiger partial charge in [-0.05, 0) is 6.07 Å². The lowest BCUT2D eigenvalue weighted by atomic mass is 10.2. The van der Waals surface area contributed by atoms with Gasteiger partial charge in [-0.15, -0.1) is 0 Å². The molecule has 0 aromatic carbocycles. The number of carboxylic acids is 2. The average Bonchev–Trinajstić information content (AvgIpc) is 2.86. The smallest absolute Gasteiger partial charge is 0.357 e. The zero-order valence-corrected chi connectivity index (χ0v) is 8.52. The maximum absolute atomic E-state index is 10.8. The highest BCUT2D eigenvalue weighted by atomic mass is 16.4. The molecule has 0 fully saturated rings. The fourth-order valence-electron chi connectivity index (χ4n) is 1.34. The van der Waals surface area contributed by atoms with Crippen LogP contribution < -0.4 is 0 Å². The Hall–Kier alpha value is -2.64. The molecular weight excluding hydrogens is 228 g/mol. The SMILES string of the molecule is O=C(O)c1cn(Cn2cccn2)nc1C(=O)O. The predicted octanol–water partition coefficient (Wildman–Crippen LogP) is -0.0182.